The molecule has 5 heteroatoms. The molecule has 2 aromatic carbocycles. The first-order valence-corrected chi connectivity index (χ1v) is 8.38. The Balaban J connectivity index is 1.59. The summed E-state index contributed by atoms with van der Waals surface area (Å²) >= 11 is 0. The van der Waals surface area contributed by atoms with E-state index < -0.39 is 0 Å². The fraction of sp³-hybridized carbons (Fsp3) is 0.200. The van der Waals surface area contributed by atoms with Crippen molar-refractivity contribution in [2.75, 3.05) is 19.7 Å². The number of ether oxygens (including phenoxy) is 1. The number of nitrogens with zero attached hydrogens (tertiary/aromatic N) is 3. The maximum atomic E-state index is 13.1. The topological polar surface area (TPSA) is 47.4 Å². The lowest BCUT2D eigenvalue weighted by Crippen LogP contribution is -2.42. The summed E-state index contributed by atoms with van der Waals surface area (Å²) in [4.78, 5) is 15.0. The third kappa shape index (κ3) is 3.19. The lowest BCUT2D eigenvalue weighted by atomic mass is 10.1. The van der Waals surface area contributed by atoms with Crippen molar-refractivity contribution >= 4 is 5.91 Å². The largest absolute Gasteiger partial charge is 0.370 e. The van der Waals surface area contributed by atoms with Gasteiger partial charge in [-0.1, -0.05) is 42.5 Å². The van der Waals surface area contributed by atoms with Gasteiger partial charge in [0.2, 0.25) is 0 Å². The summed E-state index contributed by atoms with van der Waals surface area (Å²) in [6, 6.07) is 19.5. The third-order valence-corrected chi connectivity index (χ3v) is 4.41. The summed E-state index contributed by atoms with van der Waals surface area (Å²) in [6.45, 7) is 1.68. The Labute approximate surface area is 146 Å². The predicted octanol–water partition coefficient (Wildman–Crippen LogP) is 3.09. The molecule has 1 aliphatic heterocycles. The molecule has 25 heavy (non-hydrogen) atoms. The smallest absolute Gasteiger partial charge is 0.256 e. The van der Waals surface area contributed by atoms with Gasteiger partial charge in [-0.15, -0.1) is 0 Å². The van der Waals surface area contributed by atoms with Crippen LogP contribution in [0.1, 0.15) is 22.0 Å². The van der Waals surface area contributed by atoms with Crippen LogP contribution in [0.3, 0.4) is 0 Å². The second-order valence-corrected chi connectivity index (χ2v) is 5.99. The molecule has 1 atom stereocenters. The molecule has 4 rings (SSSR count). The molecule has 0 saturated carbocycles. The van der Waals surface area contributed by atoms with Gasteiger partial charge >= 0.3 is 0 Å². The van der Waals surface area contributed by atoms with Crippen LogP contribution in [0.15, 0.2) is 73.1 Å². The van der Waals surface area contributed by atoms with Crippen molar-refractivity contribution in [3.63, 3.8) is 0 Å². The fourth-order valence-electron chi connectivity index (χ4n) is 3.14. The highest BCUT2D eigenvalue weighted by Gasteiger charge is 2.27. The second-order valence-electron chi connectivity index (χ2n) is 5.99. The number of hydrogen-bond acceptors (Lipinski definition) is 3. The summed E-state index contributed by atoms with van der Waals surface area (Å²) in [5.41, 5.74) is 2.54. The van der Waals surface area contributed by atoms with E-state index in [1.165, 1.54) is 0 Å². The zero-order valence-corrected chi connectivity index (χ0v) is 13.8. The van der Waals surface area contributed by atoms with E-state index >= 15 is 0 Å². The number of benzene rings is 2. The summed E-state index contributed by atoms with van der Waals surface area (Å²) in [7, 11) is 0. The number of amides is 1. The number of carbonyl (C=O) groups excluding carboxylic acids is 1. The summed E-state index contributed by atoms with van der Waals surface area (Å²) in [5, 5.41) is 4.26. The third-order valence-electron chi connectivity index (χ3n) is 4.41. The van der Waals surface area contributed by atoms with Crippen molar-refractivity contribution in [1.82, 2.24) is 14.7 Å². The maximum Gasteiger partial charge on any atom is 0.256 e. The fourth-order valence-corrected chi connectivity index (χ4v) is 3.14. The van der Waals surface area contributed by atoms with Crippen molar-refractivity contribution < 1.29 is 9.53 Å². The predicted molar refractivity (Wildman–Crippen MR) is 94.6 cm³/mol. The molecule has 0 N–H and O–H groups in total. The van der Waals surface area contributed by atoms with Crippen LogP contribution in [-0.2, 0) is 4.74 Å². The number of aromatic nitrogens is 2. The number of para-hydroxylation sites is 1. The monoisotopic (exact) mass is 333 g/mol. The van der Waals surface area contributed by atoms with Gasteiger partial charge in [-0.3, -0.25) is 4.79 Å². The minimum absolute atomic E-state index is 0.00957. The quantitative estimate of drug-likeness (QED) is 0.740. The second kappa shape index (κ2) is 6.91. The average molecular weight is 333 g/mol. The molecule has 0 radical (unpaired) electrons. The van der Waals surface area contributed by atoms with E-state index in [2.05, 4.69) is 5.10 Å². The molecule has 3 aromatic rings. The van der Waals surface area contributed by atoms with Crippen molar-refractivity contribution in [1.29, 1.82) is 0 Å². The number of hydrogen-bond donors (Lipinski definition) is 0. The number of carbonyl (C=O) groups is 1. The van der Waals surface area contributed by atoms with E-state index in [4.69, 9.17) is 4.74 Å². The Morgan fingerprint density at radius 2 is 1.84 bits per heavy atom. The van der Waals surface area contributed by atoms with Gasteiger partial charge in [0.15, 0.2) is 0 Å². The minimum Gasteiger partial charge on any atom is -0.370 e. The van der Waals surface area contributed by atoms with Crippen LogP contribution in [0.25, 0.3) is 5.69 Å². The van der Waals surface area contributed by atoms with Gasteiger partial charge in [-0.05, 0) is 23.8 Å². The van der Waals surface area contributed by atoms with E-state index in [0.717, 1.165) is 11.3 Å². The molecular weight excluding hydrogens is 314 g/mol. The normalized spacial score (nSPS) is 17.4. The molecule has 1 amide bonds. The number of rotatable bonds is 3. The van der Waals surface area contributed by atoms with Crippen LogP contribution in [0.4, 0.5) is 0 Å². The van der Waals surface area contributed by atoms with Crippen molar-refractivity contribution in [3.8, 4) is 5.69 Å². The van der Waals surface area contributed by atoms with E-state index in [9.17, 15) is 4.79 Å². The van der Waals surface area contributed by atoms with Gasteiger partial charge in [-0.25, -0.2) is 4.68 Å². The summed E-state index contributed by atoms with van der Waals surface area (Å²) in [6.07, 6.45) is 3.47. The maximum absolute atomic E-state index is 13.1. The standard InChI is InChI=1S/C20H19N3O2/c24-20(17-9-4-5-10-18(17)23-12-6-11-21-23)22-13-14-25-19(15-22)16-7-2-1-3-8-16/h1-12,19H,13-15H2. The van der Waals surface area contributed by atoms with Gasteiger partial charge < -0.3 is 9.64 Å². The van der Waals surface area contributed by atoms with E-state index in [0.29, 0.717) is 25.3 Å². The molecule has 5 nitrogen and oxygen atoms in total. The van der Waals surface area contributed by atoms with Gasteiger partial charge in [0.25, 0.3) is 5.91 Å². The van der Waals surface area contributed by atoms with Crippen LogP contribution >= 0.6 is 0 Å². The zero-order chi connectivity index (χ0) is 17.1. The highest BCUT2D eigenvalue weighted by molar-refractivity contribution is 5.97. The Bertz CT molecular complexity index is 846. The van der Waals surface area contributed by atoms with E-state index in [1.54, 1.807) is 10.9 Å². The molecule has 1 aliphatic rings. The molecule has 126 valence electrons. The van der Waals surface area contributed by atoms with E-state index in [-0.39, 0.29) is 12.0 Å². The SMILES string of the molecule is O=C(c1ccccc1-n1cccn1)N1CCOC(c2ccccc2)C1. The lowest BCUT2D eigenvalue weighted by Gasteiger charge is -2.33. The molecule has 1 aromatic heterocycles. The van der Waals surface area contributed by atoms with Crippen LogP contribution < -0.4 is 0 Å². The highest BCUT2D eigenvalue weighted by atomic mass is 16.5. The van der Waals surface area contributed by atoms with Gasteiger partial charge in [0.1, 0.15) is 6.10 Å². The van der Waals surface area contributed by atoms with Crippen molar-refractivity contribution in [2.24, 2.45) is 0 Å². The van der Waals surface area contributed by atoms with Crippen LogP contribution in [-0.4, -0.2) is 40.3 Å². The van der Waals surface area contributed by atoms with Crippen molar-refractivity contribution in [3.05, 3.63) is 84.2 Å². The van der Waals surface area contributed by atoms with Crippen LogP contribution in [0, 0.1) is 0 Å². The first-order valence-electron chi connectivity index (χ1n) is 8.38. The first-order chi connectivity index (χ1) is 12.3. The minimum atomic E-state index is -0.0873. The zero-order valence-electron chi connectivity index (χ0n) is 13.8. The Morgan fingerprint density at radius 1 is 1.04 bits per heavy atom. The molecule has 0 aliphatic carbocycles. The lowest BCUT2D eigenvalue weighted by molar-refractivity contribution is -0.0228. The first kappa shape index (κ1) is 15.6. The summed E-state index contributed by atoms with van der Waals surface area (Å²) in [5.74, 6) is 0.00957. The molecule has 2 heterocycles. The molecule has 0 spiro atoms. The molecular formula is C20H19N3O2. The molecule has 0 bridgehead atoms. The molecule has 1 saturated heterocycles. The molecule has 1 unspecified atom stereocenters. The van der Waals surface area contributed by atoms with Crippen molar-refractivity contribution in [2.45, 2.75) is 6.10 Å². The summed E-state index contributed by atoms with van der Waals surface area (Å²) < 4.78 is 7.60. The Kier molecular flexibility index (Phi) is 4.31. The Morgan fingerprint density at radius 3 is 2.64 bits per heavy atom. The van der Waals surface area contributed by atoms with E-state index in [1.807, 2.05) is 71.8 Å². The Hall–Kier alpha value is -2.92. The molecule has 1 fully saturated rings. The van der Waals surface area contributed by atoms with Gasteiger partial charge in [-0.2, -0.15) is 5.10 Å². The average Bonchev–Trinajstić information content (AvgIpc) is 3.23. The van der Waals surface area contributed by atoms with Gasteiger partial charge in [0, 0.05) is 18.9 Å². The number of morpholine rings is 1. The highest BCUT2D eigenvalue weighted by Crippen LogP contribution is 2.24. The van der Waals surface area contributed by atoms with Gasteiger partial charge in [0.05, 0.1) is 24.4 Å². The van der Waals surface area contributed by atoms with Crippen LogP contribution in [0.5, 0.6) is 0 Å². The van der Waals surface area contributed by atoms with Crippen LogP contribution in [0.2, 0.25) is 0 Å².